The maximum atomic E-state index is 12.6. The van der Waals surface area contributed by atoms with Crippen molar-refractivity contribution in [2.45, 2.75) is 6.92 Å². The highest BCUT2D eigenvalue weighted by molar-refractivity contribution is 6.23. The SMILES string of the molecule is COc1nc2c(c(OC)c1C(C)=O)C(=O)c1ccccc1-2. The second-order valence-corrected chi connectivity index (χ2v) is 4.68. The van der Waals surface area contributed by atoms with Crippen LogP contribution in [0.1, 0.15) is 33.2 Å². The second kappa shape index (κ2) is 4.70. The van der Waals surface area contributed by atoms with Crippen molar-refractivity contribution in [3.63, 3.8) is 0 Å². The number of fused-ring (bicyclic) bond motifs is 3. The Morgan fingerprint density at radius 2 is 1.76 bits per heavy atom. The molecule has 1 aliphatic carbocycles. The quantitative estimate of drug-likeness (QED) is 0.691. The van der Waals surface area contributed by atoms with Gasteiger partial charge in [0.1, 0.15) is 11.3 Å². The van der Waals surface area contributed by atoms with Crippen LogP contribution in [0.15, 0.2) is 24.3 Å². The normalized spacial score (nSPS) is 11.9. The van der Waals surface area contributed by atoms with Crippen molar-refractivity contribution in [1.29, 1.82) is 0 Å². The van der Waals surface area contributed by atoms with Crippen molar-refractivity contribution in [3.05, 3.63) is 41.0 Å². The summed E-state index contributed by atoms with van der Waals surface area (Å²) in [5, 5.41) is 0. The molecule has 0 amide bonds. The summed E-state index contributed by atoms with van der Waals surface area (Å²) in [6.07, 6.45) is 0. The molecule has 0 unspecified atom stereocenters. The molecule has 0 spiro atoms. The lowest BCUT2D eigenvalue weighted by Crippen LogP contribution is -2.09. The lowest BCUT2D eigenvalue weighted by Gasteiger charge is -2.13. The Labute approximate surface area is 121 Å². The molecular weight excluding hydrogens is 270 g/mol. The third kappa shape index (κ3) is 1.74. The smallest absolute Gasteiger partial charge is 0.228 e. The molecule has 0 saturated heterocycles. The van der Waals surface area contributed by atoms with Crippen LogP contribution in [-0.4, -0.2) is 30.8 Å². The molecule has 0 N–H and O–H groups in total. The van der Waals surface area contributed by atoms with Crippen LogP contribution in [0.5, 0.6) is 11.6 Å². The molecule has 0 saturated carbocycles. The number of benzene rings is 1. The monoisotopic (exact) mass is 283 g/mol. The minimum absolute atomic E-state index is 0.169. The number of nitrogens with zero attached hydrogens (tertiary/aromatic N) is 1. The molecule has 3 rings (SSSR count). The molecule has 2 aromatic rings. The number of ether oxygens (including phenoxy) is 2. The highest BCUT2D eigenvalue weighted by Gasteiger charge is 2.35. The van der Waals surface area contributed by atoms with Gasteiger partial charge in [-0.25, -0.2) is 4.98 Å². The van der Waals surface area contributed by atoms with Crippen molar-refractivity contribution in [1.82, 2.24) is 4.98 Å². The lowest BCUT2D eigenvalue weighted by molar-refractivity contribution is 0.101. The zero-order chi connectivity index (χ0) is 15.1. The number of hydrogen-bond donors (Lipinski definition) is 0. The molecule has 1 aromatic carbocycles. The molecule has 5 nitrogen and oxygen atoms in total. The number of methoxy groups -OCH3 is 2. The topological polar surface area (TPSA) is 65.5 Å². The van der Waals surface area contributed by atoms with Gasteiger partial charge in [-0.15, -0.1) is 0 Å². The van der Waals surface area contributed by atoms with Gasteiger partial charge in [0, 0.05) is 11.1 Å². The van der Waals surface area contributed by atoms with E-state index in [1.165, 1.54) is 21.1 Å². The second-order valence-electron chi connectivity index (χ2n) is 4.68. The van der Waals surface area contributed by atoms with Gasteiger partial charge in [-0.2, -0.15) is 0 Å². The van der Waals surface area contributed by atoms with Gasteiger partial charge >= 0.3 is 0 Å². The zero-order valence-corrected chi connectivity index (χ0v) is 11.9. The van der Waals surface area contributed by atoms with Gasteiger partial charge in [0.25, 0.3) is 0 Å². The largest absolute Gasteiger partial charge is 0.495 e. The van der Waals surface area contributed by atoms with Gasteiger partial charge < -0.3 is 9.47 Å². The zero-order valence-electron chi connectivity index (χ0n) is 11.9. The Morgan fingerprint density at radius 1 is 1.10 bits per heavy atom. The Bertz CT molecular complexity index is 780. The Kier molecular flexibility index (Phi) is 2.97. The first kappa shape index (κ1) is 13.3. The number of ketones is 2. The van der Waals surface area contributed by atoms with Gasteiger partial charge in [-0.1, -0.05) is 24.3 Å². The number of pyridine rings is 1. The summed E-state index contributed by atoms with van der Waals surface area (Å²) < 4.78 is 10.5. The number of carbonyl (C=O) groups excluding carboxylic acids is 2. The molecule has 5 heteroatoms. The summed E-state index contributed by atoms with van der Waals surface area (Å²) in [6.45, 7) is 1.39. The molecule has 0 atom stereocenters. The van der Waals surface area contributed by atoms with E-state index in [0.29, 0.717) is 16.8 Å². The van der Waals surface area contributed by atoms with Crippen LogP contribution >= 0.6 is 0 Å². The number of carbonyl (C=O) groups is 2. The predicted molar refractivity (Wildman–Crippen MR) is 76.2 cm³/mol. The van der Waals surface area contributed by atoms with Crippen LogP contribution in [-0.2, 0) is 0 Å². The molecule has 21 heavy (non-hydrogen) atoms. The van der Waals surface area contributed by atoms with Crippen LogP contribution < -0.4 is 9.47 Å². The van der Waals surface area contributed by atoms with Gasteiger partial charge in [-0.05, 0) is 6.92 Å². The first-order valence-corrected chi connectivity index (χ1v) is 6.41. The standard InChI is InChI=1S/C16H13NO4/c1-8(18)11-15(20-2)12-13(17-16(11)21-3)9-6-4-5-7-10(9)14(12)19/h4-7H,1-3H3. The molecule has 1 heterocycles. The number of rotatable bonds is 3. The summed E-state index contributed by atoms with van der Waals surface area (Å²) in [5.74, 6) is -0.0500. The molecule has 0 bridgehead atoms. The number of hydrogen-bond acceptors (Lipinski definition) is 5. The third-order valence-electron chi connectivity index (χ3n) is 3.52. The first-order chi connectivity index (χ1) is 10.1. The fourth-order valence-electron chi connectivity index (χ4n) is 2.63. The summed E-state index contributed by atoms with van der Waals surface area (Å²) in [7, 11) is 2.86. The van der Waals surface area contributed by atoms with Crippen LogP contribution in [0.4, 0.5) is 0 Å². The van der Waals surface area contributed by atoms with E-state index in [1.54, 1.807) is 12.1 Å². The van der Waals surface area contributed by atoms with Crippen molar-refractivity contribution in [3.8, 4) is 22.9 Å². The van der Waals surface area contributed by atoms with E-state index >= 15 is 0 Å². The van der Waals surface area contributed by atoms with Crippen molar-refractivity contribution in [2.75, 3.05) is 14.2 Å². The van der Waals surface area contributed by atoms with Crippen LogP contribution in [0.3, 0.4) is 0 Å². The first-order valence-electron chi connectivity index (χ1n) is 6.41. The third-order valence-corrected chi connectivity index (χ3v) is 3.52. The average Bonchev–Trinajstić information content (AvgIpc) is 2.78. The van der Waals surface area contributed by atoms with Crippen LogP contribution in [0.25, 0.3) is 11.3 Å². The molecule has 0 fully saturated rings. The minimum Gasteiger partial charge on any atom is -0.495 e. The highest BCUT2D eigenvalue weighted by Crippen LogP contribution is 2.44. The Balaban J connectivity index is 2.42. The predicted octanol–water partition coefficient (Wildman–Crippen LogP) is 2.51. The van der Waals surface area contributed by atoms with E-state index in [2.05, 4.69) is 4.98 Å². The highest BCUT2D eigenvalue weighted by atomic mass is 16.5. The van der Waals surface area contributed by atoms with Crippen LogP contribution in [0.2, 0.25) is 0 Å². The molecule has 1 aromatic heterocycles. The van der Waals surface area contributed by atoms with E-state index in [0.717, 1.165) is 5.56 Å². The van der Waals surface area contributed by atoms with E-state index in [-0.39, 0.29) is 28.8 Å². The maximum Gasteiger partial charge on any atom is 0.228 e. The summed E-state index contributed by atoms with van der Waals surface area (Å²) >= 11 is 0. The van der Waals surface area contributed by atoms with Gasteiger partial charge in [0.2, 0.25) is 5.88 Å². The fraction of sp³-hybridized carbons (Fsp3) is 0.188. The van der Waals surface area contributed by atoms with Gasteiger partial charge in [0.05, 0.1) is 25.5 Å². The Hall–Kier alpha value is -2.69. The summed E-state index contributed by atoms with van der Waals surface area (Å²) in [6, 6.07) is 7.18. The van der Waals surface area contributed by atoms with Crippen LogP contribution in [0, 0.1) is 0 Å². The summed E-state index contributed by atoms with van der Waals surface area (Å²) in [5.41, 5.74) is 2.30. The van der Waals surface area contributed by atoms with Gasteiger partial charge in [0.15, 0.2) is 11.6 Å². The number of Topliss-reactive ketones (excluding diaryl/α,β-unsaturated/α-hetero) is 1. The molecule has 106 valence electrons. The van der Waals surface area contributed by atoms with E-state index in [4.69, 9.17) is 9.47 Å². The number of aromatic nitrogens is 1. The Morgan fingerprint density at radius 3 is 2.33 bits per heavy atom. The molecule has 0 aliphatic heterocycles. The van der Waals surface area contributed by atoms with Crippen molar-refractivity contribution >= 4 is 11.6 Å². The van der Waals surface area contributed by atoms with Crippen molar-refractivity contribution < 1.29 is 19.1 Å². The van der Waals surface area contributed by atoms with Crippen molar-refractivity contribution in [2.24, 2.45) is 0 Å². The molecule has 1 aliphatic rings. The van der Waals surface area contributed by atoms with E-state index in [9.17, 15) is 9.59 Å². The average molecular weight is 283 g/mol. The molecule has 0 radical (unpaired) electrons. The van der Waals surface area contributed by atoms with E-state index in [1.807, 2.05) is 12.1 Å². The maximum absolute atomic E-state index is 12.6. The summed E-state index contributed by atoms with van der Waals surface area (Å²) in [4.78, 5) is 28.8. The van der Waals surface area contributed by atoms with E-state index < -0.39 is 0 Å². The minimum atomic E-state index is -0.261. The molecular formula is C16H13NO4. The fourth-order valence-corrected chi connectivity index (χ4v) is 2.63. The van der Waals surface area contributed by atoms with Gasteiger partial charge in [-0.3, -0.25) is 9.59 Å². The lowest BCUT2D eigenvalue weighted by atomic mass is 10.0.